The molecule has 0 amide bonds. The minimum Gasteiger partial charge on any atom is -0.482 e. The molecule has 1 atom stereocenters. The number of hydrogen-bond acceptors (Lipinski definition) is 3. The highest BCUT2D eigenvalue weighted by Gasteiger charge is 2.14. The van der Waals surface area contributed by atoms with Gasteiger partial charge in [0.25, 0.3) is 0 Å². The Kier molecular flexibility index (Phi) is 4.17. The van der Waals surface area contributed by atoms with Gasteiger partial charge in [0.1, 0.15) is 5.75 Å². The van der Waals surface area contributed by atoms with Gasteiger partial charge < -0.3 is 15.7 Å². The van der Waals surface area contributed by atoms with Gasteiger partial charge in [0.2, 0.25) is 0 Å². The molecule has 1 unspecified atom stereocenters. The predicted molar refractivity (Wildman–Crippen MR) is 64.0 cm³/mol. The van der Waals surface area contributed by atoms with Gasteiger partial charge in [0.05, 0.1) is 0 Å². The lowest BCUT2D eigenvalue weighted by Crippen LogP contribution is -2.33. The van der Waals surface area contributed by atoms with Gasteiger partial charge >= 0.3 is 0 Å². The van der Waals surface area contributed by atoms with Crippen LogP contribution in [0.3, 0.4) is 0 Å². The summed E-state index contributed by atoms with van der Waals surface area (Å²) in [5.41, 5.74) is 7.77. The summed E-state index contributed by atoms with van der Waals surface area (Å²) >= 11 is 0. The first-order valence-corrected chi connectivity index (χ1v) is 5.30. The van der Waals surface area contributed by atoms with Crippen LogP contribution in [0.15, 0.2) is 23.4 Å². The first-order chi connectivity index (χ1) is 7.60. The van der Waals surface area contributed by atoms with Gasteiger partial charge in [-0.15, -0.1) is 0 Å². The van der Waals surface area contributed by atoms with E-state index in [0.29, 0.717) is 6.42 Å². The predicted octanol–water partition coefficient (Wildman–Crippen LogP) is 2.21. The molecule has 1 aromatic rings. The fourth-order valence-electron chi connectivity index (χ4n) is 1.42. The Bertz CT molecular complexity index is 389. The van der Waals surface area contributed by atoms with Crippen molar-refractivity contribution in [3.63, 3.8) is 0 Å². The van der Waals surface area contributed by atoms with Crippen LogP contribution >= 0.6 is 0 Å². The molecule has 0 aliphatic heterocycles. The summed E-state index contributed by atoms with van der Waals surface area (Å²) in [6, 6.07) is 5.83. The molecule has 88 valence electrons. The van der Waals surface area contributed by atoms with E-state index >= 15 is 0 Å². The second kappa shape index (κ2) is 5.39. The van der Waals surface area contributed by atoms with E-state index in [1.807, 2.05) is 39.0 Å². The maximum atomic E-state index is 8.62. The smallest absolute Gasteiger partial charge is 0.180 e. The van der Waals surface area contributed by atoms with E-state index in [1.165, 1.54) is 0 Å². The normalized spacial score (nSPS) is 13.6. The molecule has 0 aromatic heterocycles. The second-order valence-corrected chi connectivity index (χ2v) is 3.74. The molecular weight excluding hydrogens is 204 g/mol. The summed E-state index contributed by atoms with van der Waals surface area (Å²) in [6.45, 7) is 5.93. The molecule has 0 bridgehead atoms. The highest BCUT2D eigenvalue weighted by molar-refractivity contribution is 5.84. The standard InChI is InChI=1S/C12H18N2O2/c1-4-10(12(13)14-15)16-11-7-5-6-8(2)9(11)3/h5-7,10,15H,4H2,1-3H3,(H2,13,14). The van der Waals surface area contributed by atoms with E-state index in [9.17, 15) is 0 Å². The molecule has 0 saturated heterocycles. The van der Waals surface area contributed by atoms with Crippen molar-refractivity contribution >= 4 is 5.84 Å². The van der Waals surface area contributed by atoms with Crippen LogP contribution in [0.4, 0.5) is 0 Å². The largest absolute Gasteiger partial charge is 0.482 e. The Morgan fingerprint density at radius 2 is 2.19 bits per heavy atom. The van der Waals surface area contributed by atoms with Crippen molar-refractivity contribution in [3.05, 3.63) is 29.3 Å². The van der Waals surface area contributed by atoms with E-state index in [4.69, 9.17) is 15.7 Å². The quantitative estimate of drug-likeness (QED) is 0.355. The Labute approximate surface area is 95.7 Å². The Morgan fingerprint density at radius 3 is 2.75 bits per heavy atom. The molecule has 1 rings (SSSR count). The fourth-order valence-corrected chi connectivity index (χ4v) is 1.42. The van der Waals surface area contributed by atoms with Crippen LogP contribution in [-0.4, -0.2) is 17.1 Å². The summed E-state index contributed by atoms with van der Waals surface area (Å²) in [6.07, 6.45) is 0.272. The van der Waals surface area contributed by atoms with Crippen molar-refractivity contribution in [3.8, 4) is 5.75 Å². The minimum atomic E-state index is -0.384. The molecule has 0 aliphatic carbocycles. The van der Waals surface area contributed by atoms with Crippen LogP contribution in [-0.2, 0) is 0 Å². The molecule has 0 aliphatic rings. The van der Waals surface area contributed by atoms with E-state index in [0.717, 1.165) is 16.9 Å². The van der Waals surface area contributed by atoms with Crippen molar-refractivity contribution in [1.29, 1.82) is 0 Å². The van der Waals surface area contributed by atoms with Crippen LogP contribution in [0.25, 0.3) is 0 Å². The Balaban J connectivity index is 2.90. The topological polar surface area (TPSA) is 67.8 Å². The third kappa shape index (κ3) is 2.66. The lowest BCUT2D eigenvalue weighted by atomic mass is 10.1. The van der Waals surface area contributed by atoms with Gasteiger partial charge in [-0.05, 0) is 37.5 Å². The van der Waals surface area contributed by atoms with Crippen molar-refractivity contribution in [2.75, 3.05) is 0 Å². The third-order valence-corrected chi connectivity index (χ3v) is 2.64. The average Bonchev–Trinajstić information content (AvgIpc) is 2.30. The SMILES string of the molecule is CCC(Oc1cccc(C)c1C)C(N)=NO. The number of amidine groups is 1. The third-order valence-electron chi connectivity index (χ3n) is 2.64. The number of ether oxygens (including phenoxy) is 1. The molecule has 1 aromatic carbocycles. The molecule has 0 spiro atoms. The molecule has 4 nitrogen and oxygen atoms in total. The molecule has 0 saturated carbocycles. The van der Waals surface area contributed by atoms with Crippen molar-refractivity contribution < 1.29 is 9.94 Å². The van der Waals surface area contributed by atoms with Crippen molar-refractivity contribution in [2.45, 2.75) is 33.3 Å². The van der Waals surface area contributed by atoms with Gasteiger partial charge in [0.15, 0.2) is 11.9 Å². The van der Waals surface area contributed by atoms with Gasteiger partial charge in [-0.3, -0.25) is 0 Å². The fraction of sp³-hybridized carbons (Fsp3) is 0.417. The van der Waals surface area contributed by atoms with E-state index in [-0.39, 0.29) is 11.9 Å². The summed E-state index contributed by atoms with van der Waals surface area (Å²) < 4.78 is 5.71. The molecule has 16 heavy (non-hydrogen) atoms. The molecule has 4 heteroatoms. The number of rotatable bonds is 4. The zero-order valence-corrected chi connectivity index (χ0v) is 9.90. The maximum Gasteiger partial charge on any atom is 0.180 e. The molecule has 3 N–H and O–H groups in total. The Hall–Kier alpha value is -1.71. The number of aryl methyl sites for hydroxylation is 1. The lowest BCUT2D eigenvalue weighted by molar-refractivity contribution is 0.245. The zero-order valence-electron chi connectivity index (χ0n) is 9.90. The van der Waals surface area contributed by atoms with E-state index in [1.54, 1.807) is 0 Å². The first-order valence-electron chi connectivity index (χ1n) is 5.30. The van der Waals surface area contributed by atoms with Gasteiger partial charge in [-0.1, -0.05) is 24.2 Å². The van der Waals surface area contributed by atoms with Gasteiger partial charge in [-0.2, -0.15) is 0 Å². The minimum absolute atomic E-state index is 0.100. The average molecular weight is 222 g/mol. The highest BCUT2D eigenvalue weighted by atomic mass is 16.5. The monoisotopic (exact) mass is 222 g/mol. The van der Waals surface area contributed by atoms with Crippen LogP contribution in [0.2, 0.25) is 0 Å². The van der Waals surface area contributed by atoms with Crippen LogP contribution in [0.1, 0.15) is 24.5 Å². The Morgan fingerprint density at radius 1 is 1.50 bits per heavy atom. The molecular formula is C12H18N2O2. The van der Waals surface area contributed by atoms with E-state index in [2.05, 4.69) is 5.16 Å². The molecule has 0 fully saturated rings. The summed E-state index contributed by atoms with van der Waals surface area (Å²) in [5.74, 6) is 0.877. The van der Waals surface area contributed by atoms with Gasteiger partial charge in [-0.25, -0.2) is 0 Å². The number of oxime groups is 1. The number of benzene rings is 1. The number of nitrogens with two attached hydrogens (primary N) is 1. The van der Waals surface area contributed by atoms with Crippen LogP contribution in [0.5, 0.6) is 5.75 Å². The zero-order chi connectivity index (χ0) is 12.1. The second-order valence-electron chi connectivity index (χ2n) is 3.74. The van der Waals surface area contributed by atoms with Crippen molar-refractivity contribution in [2.24, 2.45) is 10.9 Å². The maximum absolute atomic E-state index is 8.62. The molecule has 0 radical (unpaired) electrons. The summed E-state index contributed by atoms with van der Waals surface area (Å²) in [7, 11) is 0. The summed E-state index contributed by atoms with van der Waals surface area (Å²) in [4.78, 5) is 0. The van der Waals surface area contributed by atoms with E-state index < -0.39 is 0 Å². The number of nitrogens with zero attached hydrogens (tertiary/aromatic N) is 1. The van der Waals surface area contributed by atoms with Gasteiger partial charge in [0, 0.05) is 0 Å². The van der Waals surface area contributed by atoms with Crippen molar-refractivity contribution in [1.82, 2.24) is 0 Å². The highest BCUT2D eigenvalue weighted by Crippen LogP contribution is 2.22. The van der Waals surface area contributed by atoms with Crippen LogP contribution < -0.4 is 10.5 Å². The lowest BCUT2D eigenvalue weighted by Gasteiger charge is -2.18. The summed E-state index contributed by atoms with van der Waals surface area (Å²) in [5, 5.41) is 11.6. The molecule has 0 heterocycles. The van der Waals surface area contributed by atoms with Crippen LogP contribution in [0, 0.1) is 13.8 Å². The first kappa shape index (κ1) is 12.4. The number of hydrogen-bond donors (Lipinski definition) is 2.